The monoisotopic (exact) mass is 683 g/mol. The highest BCUT2D eigenvalue weighted by atomic mass is 28.3. The highest BCUT2D eigenvalue weighted by Crippen LogP contribution is 2.37. The Morgan fingerprint density at radius 3 is 1.31 bits per heavy atom. The van der Waals surface area contributed by atoms with Crippen molar-refractivity contribution in [2.24, 2.45) is 0 Å². The molecule has 0 N–H and O–H groups in total. The summed E-state index contributed by atoms with van der Waals surface area (Å²) in [7, 11) is -1.89. The molecule has 7 aromatic carbocycles. The van der Waals surface area contributed by atoms with Gasteiger partial charge in [-0.2, -0.15) is 0 Å². The molecule has 1 aliphatic rings. The number of hydrogen-bond acceptors (Lipinski definition) is 4. The molecular weight excluding hydrogens is 651 g/mol. The van der Waals surface area contributed by atoms with Crippen LogP contribution in [0.2, 0.25) is 13.1 Å². The van der Waals surface area contributed by atoms with E-state index in [1.807, 2.05) is 30.3 Å². The summed E-state index contributed by atoms with van der Waals surface area (Å²) in [4.78, 5) is 15.3. The van der Waals surface area contributed by atoms with Gasteiger partial charge in [0.25, 0.3) is 0 Å². The topological polar surface area (TPSA) is 51.8 Å². The Balaban J connectivity index is 1.13. The summed E-state index contributed by atoms with van der Waals surface area (Å²) in [5.74, 6) is 1.93. The molecular formula is C47H33N3OSi. The molecule has 0 unspecified atom stereocenters. The second-order valence-corrected chi connectivity index (χ2v) is 18.4. The predicted octanol–water partition coefficient (Wildman–Crippen LogP) is 10.9. The minimum atomic E-state index is -1.89. The molecule has 1 aliphatic heterocycles. The largest absolute Gasteiger partial charge is 0.456 e. The summed E-state index contributed by atoms with van der Waals surface area (Å²) in [6, 6.07) is 57.7. The Morgan fingerprint density at radius 1 is 0.365 bits per heavy atom. The third-order valence-electron chi connectivity index (χ3n) is 10.5. The highest BCUT2D eigenvalue weighted by molar-refractivity contribution is 7.03. The van der Waals surface area contributed by atoms with Gasteiger partial charge in [-0.05, 0) is 86.2 Å². The molecule has 0 bridgehead atoms. The fourth-order valence-electron chi connectivity index (χ4n) is 7.80. The normalized spacial score (nSPS) is 13.0. The zero-order chi connectivity index (χ0) is 34.8. The number of aromatic nitrogens is 3. The van der Waals surface area contributed by atoms with E-state index >= 15 is 0 Å². The van der Waals surface area contributed by atoms with Gasteiger partial charge in [-0.25, -0.2) is 15.0 Å². The molecule has 0 fully saturated rings. The van der Waals surface area contributed by atoms with Gasteiger partial charge >= 0.3 is 0 Å². The van der Waals surface area contributed by atoms with E-state index in [9.17, 15) is 0 Å². The average Bonchev–Trinajstić information content (AvgIpc) is 3.69. The zero-order valence-electron chi connectivity index (χ0n) is 28.8. The summed E-state index contributed by atoms with van der Waals surface area (Å²) in [5.41, 5.74) is 11.9. The maximum Gasteiger partial charge on any atom is 0.164 e. The standard InChI is InChI=1S/C47H33N3OSi/c1-52(2)43-24-20-34(31-14-8-4-9-15-31)27-39(43)40-29-36(21-25-44(40)52)47-49-45(32-16-10-5-11-17-32)48-46(50-47)35-19-23-42-38(28-35)37-26-33(18-22-41(37)51-42)30-12-6-3-7-13-30/h3-29H,1-2H3. The Morgan fingerprint density at radius 2 is 0.750 bits per heavy atom. The van der Waals surface area contributed by atoms with Crippen LogP contribution in [0.5, 0.6) is 0 Å². The van der Waals surface area contributed by atoms with Crippen LogP contribution in [0.15, 0.2) is 168 Å². The molecule has 0 radical (unpaired) electrons. The van der Waals surface area contributed by atoms with Gasteiger partial charge in [0, 0.05) is 27.5 Å². The van der Waals surface area contributed by atoms with Gasteiger partial charge in [0.2, 0.25) is 0 Å². The first-order valence-electron chi connectivity index (χ1n) is 17.7. The van der Waals surface area contributed by atoms with Crippen molar-refractivity contribution < 1.29 is 4.42 Å². The van der Waals surface area contributed by atoms with Crippen molar-refractivity contribution in [2.45, 2.75) is 13.1 Å². The molecule has 9 aromatic rings. The van der Waals surface area contributed by atoms with Crippen molar-refractivity contribution in [3.63, 3.8) is 0 Å². The van der Waals surface area contributed by atoms with Crippen molar-refractivity contribution in [1.82, 2.24) is 15.0 Å². The lowest BCUT2D eigenvalue weighted by Gasteiger charge is -2.19. The average molecular weight is 684 g/mol. The van der Waals surface area contributed by atoms with E-state index in [1.165, 1.54) is 38.2 Å². The first kappa shape index (κ1) is 30.4. The fraction of sp³-hybridized carbons (Fsp3) is 0.0426. The minimum absolute atomic E-state index is 0.626. The van der Waals surface area contributed by atoms with Gasteiger partial charge in [-0.15, -0.1) is 0 Å². The van der Waals surface area contributed by atoms with Crippen LogP contribution in [0.4, 0.5) is 0 Å². The van der Waals surface area contributed by atoms with Crippen molar-refractivity contribution in [1.29, 1.82) is 0 Å². The molecule has 0 amide bonds. The van der Waals surface area contributed by atoms with E-state index in [0.717, 1.165) is 44.2 Å². The van der Waals surface area contributed by atoms with Gasteiger partial charge in [-0.3, -0.25) is 0 Å². The number of furan rings is 1. The maximum atomic E-state index is 6.30. The highest BCUT2D eigenvalue weighted by Gasteiger charge is 2.37. The molecule has 0 spiro atoms. The second kappa shape index (κ2) is 11.8. The quantitative estimate of drug-likeness (QED) is 0.169. The molecule has 5 heteroatoms. The number of nitrogens with zero attached hydrogens (tertiary/aromatic N) is 3. The Hall–Kier alpha value is -6.43. The SMILES string of the molecule is C[Si]1(C)c2ccc(-c3ccccc3)cc2-c2cc(-c3nc(-c4ccccc4)nc(-c4ccc5oc6ccc(-c7ccccc7)cc6c5c4)n3)ccc21. The molecule has 0 aliphatic carbocycles. The molecule has 2 aromatic heterocycles. The van der Waals surface area contributed by atoms with E-state index in [-0.39, 0.29) is 0 Å². The maximum absolute atomic E-state index is 6.30. The number of hydrogen-bond donors (Lipinski definition) is 0. The minimum Gasteiger partial charge on any atom is -0.456 e. The van der Waals surface area contributed by atoms with Crippen LogP contribution in [-0.2, 0) is 0 Å². The second-order valence-electron chi connectivity index (χ2n) is 14.1. The van der Waals surface area contributed by atoms with E-state index < -0.39 is 8.07 Å². The van der Waals surface area contributed by atoms with Gasteiger partial charge in [0.05, 0.1) is 0 Å². The van der Waals surface area contributed by atoms with E-state index in [1.54, 1.807) is 0 Å². The fourth-order valence-corrected chi connectivity index (χ4v) is 10.8. The molecule has 246 valence electrons. The summed E-state index contributed by atoms with van der Waals surface area (Å²) >= 11 is 0. The first-order valence-corrected chi connectivity index (χ1v) is 20.7. The summed E-state index contributed by atoms with van der Waals surface area (Å²) in [5, 5.41) is 5.01. The van der Waals surface area contributed by atoms with Crippen LogP contribution >= 0.6 is 0 Å². The van der Waals surface area contributed by atoms with Crippen molar-refractivity contribution in [2.75, 3.05) is 0 Å². The zero-order valence-corrected chi connectivity index (χ0v) is 29.8. The molecule has 0 saturated heterocycles. The number of benzene rings is 7. The van der Waals surface area contributed by atoms with Crippen LogP contribution in [0.3, 0.4) is 0 Å². The van der Waals surface area contributed by atoms with E-state index in [0.29, 0.717) is 17.5 Å². The Bertz CT molecular complexity index is 2810. The predicted molar refractivity (Wildman–Crippen MR) is 216 cm³/mol. The van der Waals surface area contributed by atoms with E-state index in [2.05, 4.69) is 147 Å². The number of rotatable bonds is 5. The summed E-state index contributed by atoms with van der Waals surface area (Å²) in [6.07, 6.45) is 0. The lowest BCUT2D eigenvalue weighted by atomic mass is 9.98. The van der Waals surface area contributed by atoms with Crippen LogP contribution in [0.25, 0.3) is 89.5 Å². The smallest absolute Gasteiger partial charge is 0.164 e. The first-order chi connectivity index (χ1) is 25.5. The number of fused-ring (bicyclic) bond motifs is 6. The summed E-state index contributed by atoms with van der Waals surface area (Å²) < 4.78 is 6.30. The van der Waals surface area contributed by atoms with Gasteiger partial charge < -0.3 is 4.42 Å². The molecule has 0 saturated carbocycles. The molecule has 4 nitrogen and oxygen atoms in total. The van der Waals surface area contributed by atoms with Crippen LogP contribution in [-0.4, -0.2) is 23.0 Å². The van der Waals surface area contributed by atoms with E-state index in [4.69, 9.17) is 19.4 Å². The third kappa shape index (κ3) is 5.01. The molecule has 52 heavy (non-hydrogen) atoms. The third-order valence-corrected chi connectivity index (χ3v) is 14.1. The molecule has 3 heterocycles. The van der Waals surface area contributed by atoms with Gasteiger partial charge in [0.15, 0.2) is 17.5 Å². The Kier molecular flexibility index (Phi) is 6.91. The van der Waals surface area contributed by atoms with Crippen molar-refractivity contribution in [3.05, 3.63) is 164 Å². The van der Waals surface area contributed by atoms with Crippen LogP contribution in [0, 0.1) is 0 Å². The lowest BCUT2D eigenvalue weighted by molar-refractivity contribution is 0.669. The summed E-state index contributed by atoms with van der Waals surface area (Å²) in [6.45, 7) is 4.90. The molecule has 10 rings (SSSR count). The van der Waals surface area contributed by atoms with Crippen molar-refractivity contribution >= 4 is 40.4 Å². The van der Waals surface area contributed by atoms with Crippen molar-refractivity contribution in [3.8, 4) is 67.5 Å². The Labute approximate surface area is 303 Å². The lowest BCUT2D eigenvalue weighted by Crippen LogP contribution is -2.49. The van der Waals surface area contributed by atoms with Gasteiger partial charge in [-0.1, -0.05) is 134 Å². The van der Waals surface area contributed by atoms with Gasteiger partial charge in [0.1, 0.15) is 19.2 Å². The molecule has 0 atom stereocenters. The van der Waals surface area contributed by atoms with Crippen LogP contribution < -0.4 is 10.4 Å². The van der Waals surface area contributed by atoms with Crippen LogP contribution in [0.1, 0.15) is 0 Å².